The molecule has 0 radical (unpaired) electrons. The maximum Gasteiger partial charge on any atom is 0.321 e. The van der Waals surface area contributed by atoms with Crippen LogP contribution >= 0.6 is 11.6 Å². The number of urea groups is 1. The molecule has 1 fully saturated rings. The fourth-order valence-electron chi connectivity index (χ4n) is 2.15. The van der Waals surface area contributed by atoms with E-state index in [1.807, 2.05) is 6.92 Å². The Hall–Kier alpha value is -1.75. The Kier molecular flexibility index (Phi) is 4.84. The second-order valence-electron chi connectivity index (χ2n) is 4.66. The zero-order chi connectivity index (χ0) is 14.5. The molecule has 1 aromatic carbocycles. The van der Waals surface area contributed by atoms with Crippen LogP contribution < -0.4 is 5.32 Å². The summed E-state index contributed by atoms with van der Waals surface area (Å²) in [5.74, 6) is 0.139. The third-order valence-electron chi connectivity index (χ3n) is 3.30. The summed E-state index contributed by atoms with van der Waals surface area (Å²) >= 11 is 5.87. The average Bonchev–Trinajstić information content (AvgIpc) is 2.46. The van der Waals surface area contributed by atoms with Crippen LogP contribution in [0.2, 0.25) is 5.02 Å². The second kappa shape index (κ2) is 6.61. The van der Waals surface area contributed by atoms with Gasteiger partial charge in [-0.2, -0.15) is 0 Å². The molecule has 3 amide bonds. The average molecular weight is 296 g/mol. The standard InChI is InChI=1S/C14H18ClN3O2/c1-2-13(19)17-6-8-18(9-7-17)14(20)16-12-5-3-4-11(15)10-12/h3-5,10H,2,6-9H2,1H3,(H,16,20). The van der Waals surface area contributed by atoms with Gasteiger partial charge in [0.1, 0.15) is 0 Å². The first kappa shape index (κ1) is 14.7. The Bertz CT molecular complexity index is 499. The van der Waals surface area contributed by atoms with Crippen LogP contribution in [-0.4, -0.2) is 47.9 Å². The summed E-state index contributed by atoms with van der Waals surface area (Å²) in [6.45, 7) is 4.14. The third-order valence-corrected chi connectivity index (χ3v) is 3.53. The van der Waals surface area contributed by atoms with Crippen molar-refractivity contribution in [3.05, 3.63) is 29.3 Å². The Morgan fingerprint density at radius 3 is 2.45 bits per heavy atom. The minimum absolute atomic E-state index is 0.139. The Morgan fingerprint density at radius 1 is 1.20 bits per heavy atom. The molecule has 1 aliphatic rings. The van der Waals surface area contributed by atoms with Crippen molar-refractivity contribution >= 4 is 29.2 Å². The fourth-order valence-corrected chi connectivity index (χ4v) is 2.34. The summed E-state index contributed by atoms with van der Waals surface area (Å²) in [6, 6.07) is 6.88. The molecule has 0 bridgehead atoms. The highest BCUT2D eigenvalue weighted by Gasteiger charge is 2.23. The number of piperazine rings is 1. The van der Waals surface area contributed by atoms with E-state index in [9.17, 15) is 9.59 Å². The SMILES string of the molecule is CCC(=O)N1CCN(C(=O)Nc2cccc(Cl)c2)CC1. The zero-order valence-corrected chi connectivity index (χ0v) is 12.2. The minimum Gasteiger partial charge on any atom is -0.339 e. The van der Waals surface area contributed by atoms with Crippen molar-refractivity contribution in [2.24, 2.45) is 0 Å². The molecule has 0 aromatic heterocycles. The van der Waals surface area contributed by atoms with Crippen LogP contribution in [0.4, 0.5) is 10.5 Å². The summed E-state index contributed by atoms with van der Waals surface area (Å²) in [6.07, 6.45) is 0.509. The maximum atomic E-state index is 12.1. The molecule has 0 unspecified atom stereocenters. The van der Waals surface area contributed by atoms with Crippen LogP contribution in [0.1, 0.15) is 13.3 Å². The number of anilines is 1. The van der Waals surface area contributed by atoms with E-state index in [0.29, 0.717) is 43.3 Å². The molecule has 0 atom stereocenters. The number of carbonyl (C=O) groups excluding carboxylic acids is 2. The van der Waals surface area contributed by atoms with Crippen LogP contribution in [0.25, 0.3) is 0 Å². The molecular weight excluding hydrogens is 278 g/mol. The molecule has 1 heterocycles. The first-order chi connectivity index (χ1) is 9.60. The van der Waals surface area contributed by atoms with Gasteiger partial charge in [0.05, 0.1) is 0 Å². The topological polar surface area (TPSA) is 52.7 Å². The molecule has 5 nitrogen and oxygen atoms in total. The van der Waals surface area contributed by atoms with Crippen LogP contribution in [0.15, 0.2) is 24.3 Å². The van der Waals surface area contributed by atoms with Crippen molar-refractivity contribution in [1.29, 1.82) is 0 Å². The lowest BCUT2D eigenvalue weighted by molar-refractivity contribution is -0.132. The van der Waals surface area contributed by atoms with Crippen molar-refractivity contribution in [3.63, 3.8) is 0 Å². The summed E-state index contributed by atoms with van der Waals surface area (Å²) in [4.78, 5) is 27.2. The molecular formula is C14H18ClN3O2. The number of hydrogen-bond donors (Lipinski definition) is 1. The largest absolute Gasteiger partial charge is 0.339 e. The Morgan fingerprint density at radius 2 is 1.85 bits per heavy atom. The van der Waals surface area contributed by atoms with Gasteiger partial charge in [-0.05, 0) is 18.2 Å². The van der Waals surface area contributed by atoms with E-state index in [1.54, 1.807) is 34.1 Å². The number of halogens is 1. The van der Waals surface area contributed by atoms with Crippen LogP contribution in [0.5, 0.6) is 0 Å². The fraction of sp³-hybridized carbons (Fsp3) is 0.429. The molecule has 1 aliphatic heterocycles. The number of benzene rings is 1. The number of rotatable bonds is 2. The van der Waals surface area contributed by atoms with Gasteiger partial charge in [0, 0.05) is 43.3 Å². The molecule has 0 spiro atoms. The molecule has 108 valence electrons. The number of hydrogen-bond acceptors (Lipinski definition) is 2. The van der Waals surface area contributed by atoms with Crippen LogP contribution in [0, 0.1) is 0 Å². The summed E-state index contributed by atoms with van der Waals surface area (Å²) in [5, 5.41) is 3.39. The van der Waals surface area contributed by atoms with E-state index in [4.69, 9.17) is 11.6 Å². The number of nitrogens with zero attached hydrogens (tertiary/aromatic N) is 2. The van der Waals surface area contributed by atoms with Gasteiger partial charge in [0.25, 0.3) is 0 Å². The molecule has 2 rings (SSSR count). The Balaban J connectivity index is 1.87. The van der Waals surface area contributed by atoms with Crippen LogP contribution in [-0.2, 0) is 4.79 Å². The maximum absolute atomic E-state index is 12.1. The van der Waals surface area contributed by atoms with Crippen molar-refractivity contribution < 1.29 is 9.59 Å². The van der Waals surface area contributed by atoms with Crippen molar-refractivity contribution in [3.8, 4) is 0 Å². The quantitative estimate of drug-likeness (QED) is 0.911. The van der Waals surface area contributed by atoms with Gasteiger partial charge in [-0.15, -0.1) is 0 Å². The van der Waals surface area contributed by atoms with E-state index >= 15 is 0 Å². The van der Waals surface area contributed by atoms with E-state index in [-0.39, 0.29) is 11.9 Å². The number of amides is 3. The van der Waals surface area contributed by atoms with Gasteiger partial charge in [-0.1, -0.05) is 24.6 Å². The summed E-state index contributed by atoms with van der Waals surface area (Å²) in [5.41, 5.74) is 0.676. The minimum atomic E-state index is -0.157. The van der Waals surface area contributed by atoms with E-state index in [2.05, 4.69) is 5.32 Å². The summed E-state index contributed by atoms with van der Waals surface area (Å²) < 4.78 is 0. The molecule has 20 heavy (non-hydrogen) atoms. The molecule has 6 heteroatoms. The lowest BCUT2D eigenvalue weighted by Gasteiger charge is -2.34. The van der Waals surface area contributed by atoms with Gasteiger partial charge in [0.2, 0.25) is 5.91 Å². The first-order valence-electron chi connectivity index (χ1n) is 6.69. The first-order valence-corrected chi connectivity index (χ1v) is 7.07. The normalized spacial score (nSPS) is 15.1. The second-order valence-corrected chi connectivity index (χ2v) is 5.10. The van der Waals surface area contributed by atoms with E-state index in [0.717, 1.165) is 0 Å². The lowest BCUT2D eigenvalue weighted by atomic mass is 10.3. The highest BCUT2D eigenvalue weighted by atomic mass is 35.5. The van der Waals surface area contributed by atoms with E-state index < -0.39 is 0 Å². The highest BCUT2D eigenvalue weighted by Crippen LogP contribution is 2.15. The highest BCUT2D eigenvalue weighted by molar-refractivity contribution is 6.30. The summed E-state index contributed by atoms with van der Waals surface area (Å²) in [7, 11) is 0. The van der Waals surface area contributed by atoms with Crippen LogP contribution in [0.3, 0.4) is 0 Å². The zero-order valence-electron chi connectivity index (χ0n) is 11.4. The Labute approximate surface area is 123 Å². The van der Waals surface area contributed by atoms with Gasteiger partial charge >= 0.3 is 6.03 Å². The third kappa shape index (κ3) is 3.63. The van der Waals surface area contributed by atoms with Crippen molar-refractivity contribution in [2.75, 3.05) is 31.5 Å². The van der Waals surface area contributed by atoms with Crippen molar-refractivity contribution in [1.82, 2.24) is 9.80 Å². The lowest BCUT2D eigenvalue weighted by Crippen LogP contribution is -2.51. The molecule has 0 aliphatic carbocycles. The van der Waals surface area contributed by atoms with E-state index in [1.165, 1.54) is 0 Å². The van der Waals surface area contributed by atoms with Gasteiger partial charge in [-0.25, -0.2) is 4.79 Å². The van der Waals surface area contributed by atoms with Gasteiger partial charge in [0.15, 0.2) is 0 Å². The predicted octanol–water partition coefficient (Wildman–Crippen LogP) is 2.43. The molecule has 1 saturated heterocycles. The molecule has 1 aromatic rings. The number of nitrogens with one attached hydrogen (secondary N) is 1. The van der Waals surface area contributed by atoms with Gasteiger partial charge < -0.3 is 15.1 Å². The number of carbonyl (C=O) groups is 2. The van der Waals surface area contributed by atoms with Crippen molar-refractivity contribution in [2.45, 2.75) is 13.3 Å². The monoisotopic (exact) mass is 295 g/mol. The smallest absolute Gasteiger partial charge is 0.321 e. The predicted molar refractivity (Wildman–Crippen MR) is 78.9 cm³/mol. The molecule has 1 N–H and O–H groups in total. The molecule has 0 saturated carbocycles. The van der Waals surface area contributed by atoms with Gasteiger partial charge in [-0.3, -0.25) is 4.79 Å².